The highest BCUT2D eigenvalue weighted by Gasteiger charge is 2.07. The van der Waals surface area contributed by atoms with E-state index in [1.165, 1.54) is 12.5 Å². The van der Waals surface area contributed by atoms with Gasteiger partial charge >= 0.3 is 0 Å². The second-order valence-corrected chi connectivity index (χ2v) is 2.78. The van der Waals surface area contributed by atoms with E-state index < -0.39 is 0 Å². The lowest BCUT2D eigenvalue weighted by Crippen LogP contribution is -1.85. The third kappa shape index (κ3) is 1.33. The van der Waals surface area contributed by atoms with Gasteiger partial charge in [0.05, 0.1) is 6.20 Å². The second-order valence-electron chi connectivity index (χ2n) is 2.78. The monoisotopic (exact) mass is 177 g/mol. The SMILES string of the molecule is Cc1c(F)cccc1-c1cnco1. The van der Waals surface area contributed by atoms with Crippen molar-refractivity contribution >= 4 is 0 Å². The Bertz CT molecular complexity index is 409. The summed E-state index contributed by atoms with van der Waals surface area (Å²) < 4.78 is 18.2. The Morgan fingerprint density at radius 3 is 2.92 bits per heavy atom. The lowest BCUT2D eigenvalue weighted by molar-refractivity contribution is 0.569. The Hall–Kier alpha value is -1.64. The zero-order valence-electron chi connectivity index (χ0n) is 7.12. The van der Waals surface area contributed by atoms with Gasteiger partial charge in [-0.3, -0.25) is 0 Å². The third-order valence-electron chi connectivity index (χ3n) is 1.97. The van der Waals surface area contributed by atoms with Crippen LogP contribution in [0.3, 0.4) is 0 Å². The van der Waals surface area contributed by atoms with E-state index in [0.717, 1.165) is 5.56 Å². The van der Waals surface area contributed by atoms with Crippen LogP contribution in [0.2, 0.25) is 0 Å². The molecular formula is C10H8FNO. The number of benzene rings is 1. The van der Waals surface area contributed by atoms with Crippen molar-refractivity contribution in [2.75, 3.05) is 0 Å². The van der Waals surface area contributed by atoms with Gasteiger partial charge in [-0.2, -0.15) is 0 Å². The molecule has 0 saturated carbocycles. The van der Waals surface area contributed by atoms with Gasteiger partial charge in [-0.25, -0.2) is 9.37 Å². The summed E-state index contributed by atoms with van der Waals surface area (Å²) in [7, 11) is 0. The van der Waals surface area contributed by atoms with E-state index in [0.29, 0.717) is 11.3 Å². The molecule has 0 amide bonds. The summed E-state index contributed by atoms with van der Waals surface area (Å²) in [4.78, 5) is 3.78. The number of aromatic nitrogens is 1. The van der Waals surface area contributed by atoms with E-state index in [4.69, 9.17) is 4.42 Å². The van der Waals surface area contributed by atoms with Crippen molar-refractivity contribution in [3.8, 4) is 11.3 Å². The van der Waals surface area contributed by atoms with Crippen LogP contribution >= 0.6 is 0 Å². The Morgan fingerprint density at radius 2 is 2.23 bits per heavy atom. The molecule has 0 aliphatic carbocycles. The summed E-state index contributed by atoms with van der Waals surface area (Å²) in [6.45, 7) is 1.72. The van der Waals surface area contributed by atoms with Crippen LogP contribution in [-0.2, 0) is 0 Å². The highest BCUT2D eigenvalue weighted by atomic mass is 19.1. The zero-order valence-corrected chi connectivity index (χ0v) is 7.12. The van der Waals surface area contributed by atoms with Crippen molar-refractivity contribution in [2.24, 2.45) is 0 Å². The van der Waals surface area contributed by atoms with Crippen LogP contribution in [0.1, 0.15) is 5.56 Å². The highest BCUT2D eigenvalue weighted by Crippen LogP contribution is 2.24. The summed E-state index contributed by atoms with van der Waals surface area (Å²) in [6.07, 6.45) is 2.90. The fourth-order valence-corrected chi connectivity index (χ4v) is 1.22. The topological polar surface area (TPSA) is 26.0 Å². The molecule has 0 bridgehead atoms. The molecule has 2 aromatic rings. The minimum Gasteiger partial charge on any atom is -0.444 e. The van der Waals surface area contributed by atoms with Crippen molar-refractivity contribution in [3.05, 3.63) is 42.2 Å². The third-order valence-corrected chi connectivity index (χ3v) is 1.97. The first-order chi connectivity index (χ1) is 6.29. The molecule has 2 nitrogen and oxygen atoms in total. The number of hydrogen-bond donors (Lipinski definition) is 0. The summed E-state index contributed by atoms with van der Waals surface area (Å²) >= 11 is 0. The van der Waals surface area contributed by atoms with E-state index in [2.05, 4.69) is 4.98 Å². The predicted octanol–water partition coefficient (Wildman–Crippen LogP) is 2.79. The smallest absolute Gasteiger partial charge is 0.181 e. The van der Waals surface area contributed by atoms with Crippen LogP contribution in [0.5, 0.6) is 0 Å². The minimum atomic E-state index is -0.228. The molecule has 0 N–H and O–H groups in total. The molecule has 0 atom stereocenters. The van der Waals surface area contributed by atoms with Crippen LogP contribution in [0.25, 0.3) is 11.3 Å². The number of oxazole rings is 1. The molecule has 66 valence electrons. The molecule has 13 heavy (non-hydrogen) atoms. The molecule has 0 aliphatic rings. The molecule has 0 aliphatic heterocycles. The molecule has 0 fully saturated rings. The van der Waals surface area contributed by atoms with Crippen molar-refractivity contribution in [3.63, 3.8) is 0 Å². The van der Waals surface area contributed by atoms with Crippen molar-refractivity contribution in [1.82, 2.24) is 4.98 Å². The Morgan fingerprint density at radius 1 is 1.38 bits per heavy atom. The lowest BCUT2D eigenvalue weighted by Gasteiger charge is -2.01. The Labute approximate surface area is 75.0 Å². The van der Waals surface area contributed by atoms with Crippen molar-refractivity contribution in [1.29, 1.82) is 0 Å². The molecule has 1 aromatic heterocycles. The van der Waals surface area contributed by atoms with Gasteiger partial charge in [0, 0.05) is 5.56 Å². The van der Waals surface area contributed by atoms with Gasteiger partial charge in [0.1, 0.15) is 5.82 Å². The molecule has 3 heteroatoms. The van der Waals surface area contributed by atoms with Crippen molar-refractivity contribution < 1.29 is 8.81 Å². The van der Waals surface area contributed by atoms with Gasteiger partial charge in [-0.15, -0.1) is 0 Å². The average molecular weight is 177 g/mol. The predicted molar refractivity (Wildman–Crippen MR) is 46.6 cm³/mol. The fourth-order valence-electron chi connectivity index (χ4n) is 1.22. The standard InChI is InChI=1S/C10H8FNO/c1-7-8(3-2-4-9(7)11)10-5-12-6-13-10/h2-6H,1H3. The van der Waals surface area contributed by atoms with E-state index in [1.807, 2.05) is 0 Å². The van der Waals surface area contributed by atoms with E-state index in [-0.39, 0.29) is 5.82 Å². The lowest BCUT2D eigenvalue weighted by atomic mass is 10.1. The molecular weight excluding hydrogens is 169 g/mol. The van der Waals surface area contributed by atoms with Crippen molar-refractivity contribution in [2.45, 2.75) is 6.92 Å². The first-order valence-corrected chi connectivity index (χ1v) is 3.93. The van der Waals surface area contributed by atoms with Gasteiger partial charge in [0.25, 0.3) is 0 Å². The summed E-state index contributed by atoms with van der Waals surface area (Å²) in [5, 5.41) is 0. The minimum absolute atomic E-state index is 0.228. The number of nitrogens with zero attached hydrogens (tertiary/aromatic N) is 1. The van der Waals surface area contributed by atoms with E-state index in [9.17, 15) is 4.39 Å². The van der Waals surface area contributed by atoms with Crippen LogP contribution in [0, 0.1) is 12.7 Å². The fraction of sp³-hybridized carbons (Fsp3) is 0.100. The van der Waals surface area contributed by atoms with E-state index in [1.54, 1.807) is 25.3 Å². The molecule has 1 aromatic carbocycles. The average Bonchev–Trinajstić information content (AvgIpc) is 2.62. The first kappa shape index (κ1) is 7.98. The molecule has 0 radical (unpaired) electrons. The van der Waals surface area contributed by atoms with Crippen LogP contribution < -0.4 is 0 Å². The zero-order chi connectivity index (χ0) is 9.26. The van der Waals surface area contributed by atoms with Gasteiger partial charge < -0.3 is 4.42 Å². The maximum Gasteiger partial charge on any atom is 0.181 e. The maximum atomic E-state index is 13.1. The molecule has 0 unspecified atom stereocenters. The summed E-state index contributed by atoms with van der Waals surface area (Å²) in [6, 6.07) is 4.88. The van der Waals surface area contributed by atoms with Crippen LogP contribution in [0.15, 0.2) is 35.2 Å². The summed E-state index contributed by atoms with van der Waals surface area (Å²) in [5.74, 6) is 0.367. The summed E-state index contributed by atoms with van der Waals surface area (Å²) in [5.41, 5.74) is 1.33. The molecule has 0 saturated heterocycles. The molecule has 2 rings (SSSR count). The number of rotatable bonds is 1. The Balaban J connectivity index is 2.59. The van der Waals surface area contributed by atoms with Gasteiger partial charge in [-0.05, 0) is 18.6 Å². The number of hydrogen-bond acceptors (Lipinski definition) is 2. The van der Waals surface area contributed by atoms with Gasteiger partial charge in [0.2, 0.25) is 0 Å². The van der Waals surface area contributed by atoms with E-state index >= 15 is 0 Å². The number of halogens is 1. The first-order valence-electron chi connectivity index (χ1n) is 3.93. The quantitative estimate of drug-likeness (QED) is 0.669. The van der Waals surface area contributed by atoms with Gasteiger partial charge in [-0.1, -0.05) is 12.1 Å². The highest BCUT2D eigenvalue weighted by molar-refractivity contribution is 5.60. The normalized spacial score (nSPS) is 10.3. The largest absolute Gasteiger partial charge is 0.444 e. The maximum absolute atomic E-state index is 13.1. The Kier molecular flexibility index (Phi) is 1.85. The van der Waals surface area contributed by atoms with Crippen LogP contribution in [0.4, 0.5) is 4.39 Å². The van der Waals surface area contributed by atoms with Crippen LogP contribution in [-0.4, -0.2) is 4.98 Å². The molecule has 0 spiro atoms. The molecule has 1 heterocycles. The second kappa shape index (κ2) is 3.01. The van der Waals surface area contributed by atoms with Gasteiger partial charge in [0.15, 0.2) is 12.2 Å².